The van der Waals surface area contributed by atoms with E-state index in [2.05, 4.69) is 55.6 Å². The fraction of sp³-hybridized carbons (Fsp3) is 0.857. The zero-order valence-corrected chi connectivity index (χ0v) is 45.4. The number of amides is 1. The molecule has 3 N–H and O–H groups in total. The Morgan fingerprint density at radius 3 is 0.866 bits per heavy atom. The second-order valence-electron chi connectivity index (χ2n) is 20.7. The van der Waals surface area contributed by atoms with Crippen molar-refractivity contribution in [1.82, 2.24) is 5.32 Å². The van der Waals surface area contributed by atoms with E-state index in [0.717, 1.165) is 38.5 Å². The van der Waals surface area contributed by atoms with E-state index < -0.39 is 12.1 Å². The third-order valence-corrected chi connectivity index (χ3v) is 14.0. The Hall–Kier alpha value is -1.65. The van der Waals surface area contributed by atoms with Crippen molar-refractivity contribution in [2.75, 3.05) is 6.61 Å². The van der Waals surface area contributed by atoms with Crippen molar-refractivity contribution in [3.63, 3.8) is 0 Å². The van der Waals surface area contributed by atoms with Crippen LogP contribution in [0.5, 0.6) is 0 Å². The SMILES string of the molecule is CCCCCCCCCCCCCC/C=C\CCCCCCCCCCCCCCCCCCCC(=O)NC(CO)C(O)/C=C/CC/C=C/CC/C=C/CCCCCCCCCCCCCC. The van der Waals surface area contributed by atoms with Gasteiger partial charge in [-0.15, -0.1) is 0 Å². The van der Waals surface area contributed by atoms with Crippen LogP contribution in [0, 0.1) is 0 Å². The Balaban J connectivity index is 3.49. The molecule has 67 heavy (non-hydrogen) atoms. The van der Waals surface area contributed by atoms with E-state index in [1.807, 2.05) is 6.08 Å². The lowest BCUT2D eigenvalue weighted by Crippen LogP contribution is -2.45. The third kappa shape index (κ3) is 55.2. The summed E-state index contributed by atoms with van der Waals surface area (Å²) in [5.74, 6) is -0.0732. The maximum absolute atomic E-state index is 12.5. The number of aliphatic hydroxyl groups is 2. The highest BCUT2D eigenvalue weighted by atomic mass is 16.3. The van der Waals surface area contributed by atoms with Gasteiger partial charge < -0.3 is 15.5 Å². The van der Waals surface area contributed by atoms with Crippen molar-refractivity contribution in [1.29, 1.82) is 0 Å². The molecule has 0 bridgehead atoms. The molecule has 0 radical (unpaired) electrons. The van der Waals surface area contributed by atoms with Crippen molar-refractivity contribution in [3.05, 3.63) is 48.6 Å². The molecule has 0 heterocycles. The number of rotatable bonds is 56. The maximum atomic E-state index is 12.5. The van der Waals surface area contributed by atoms with Gasteiger partial charge in [0.2, 0.25) is 5.91 Å². The first-order chi connectivity index (χ1) is 33.2. The summed E-state index contributed by atoms with van der Waals surface area (Å²) < 4.78 is 0. The van der Waals surface area contributed by atoms with Gasteiger partial charge in [-0.2, -0.15) is 0 Å². The van der Waals surface area contributed by atoms with Gasteiger partial charge in [0, 0.05) is 6.42 Å². The molecule has 0 aromatic rings. The number of carbonyl (C=O) groups is 1. The summed E-state index contributed by atoms with van der Waals surface area (Å²) in [6, 6.07) is -0.646. The molecular formula is C63H119NO3. The fourth-order valence-electron chi connectivity index (χ4n) is 9.39. The van der Waals surface area contributed by atoms with Crippen LogP contribution in [0.25, 0.3) is 0 Å². The van der Waals surface area contributed by atoms with Crippen LogP contribution in [-0.4, -0.2) is 34.9 Å². The lowest BCUT2D eigenvalue weighted by molar-refractivity contribution is -0.123. The van der Waals surface area contributed by atoms with Gasteiger partial charge in [0.15, 0.2) is 0 Å². The third-order valence-electron chi connectivity index (χ3n) is 14.0. The van der Waals surface area contributed by atoms with Gasteiger partial charge in [-0.25, -0.2) is 0 Å². The molecule has 0 aliphatic heterocycles. The molecule has 0 aliphatic rings. The largest absolute Gasteiger partial charge is 0.394 e. The molecule has 394 valence electrons. The first kappa shape index (κ1) is 65.3. The molecular weight excluding hydrogens is 819 g/mol. The summed E-state index contributed by atoms with van der Waals surface area (Å²) in [4.78, 5) is 12.5. The Bertz CT molecular complexity index is 1060. The predicted molar refractivity (Wildman–Crippen MR) is 299 cm³/mol. The average Bonchev–Trinajstić information content (AvgIpc) is 3.33. The van der Waals surface area contributed by atoms with Crippen molar-refractivity contribution in [2.45, 2.75) is 341 Å². The van der Waals surface area contributed by atoms with Gasteiger partial charge in [0.25, 0.3) is 0 Å². The van der Waals surface area contributed by atoms with Crippen LogP contribution >= 0.6 is 0 Å². The molecule has 0 aromatic carbocycles. The highest BCUT2D eigenvalue weighted by Gasteiger charge is 2.18. The Morgan fingerprint density at radius 2 is 0.582 bits per heavy atom. The number of nitrogens with one attached hydrogen (secondary N) is 1. The molecule has 0 rings (SSSR count). The van der Waals surface area contributed by atoms with Crippen LogP contribution in [0.15, 0.2) is 48.6 Å². The van der Waals surface area contributed by atoms with Crippen molar-refractivity contribution < 1.29 is 15.0 Å². The van der Waals surface area contributed by atoms with E-state index in [1.165, 1.54) is 270 Å². The number of hydrogen-bond acceptors (Lipinski definition) is 3. The first-order valence-corrected chi connectivity index (χ1v) is 30.4. The normalized spacial score (nSPS) is 13.1. The molecule has 0 fully saturated rings. The quantitative estimate of drug-likeness (QED) is 0.0420. The van der Waals surface area contributed by atoms with Gasteiger partial charge >= 0.3 is 0 Å². The summed E-state index contributed by atoms with van der Waals surface area (Å²) in [5.41, 5.74) is 0. The summed E-state index contributed by atoms with van der Waals surface area (Å²) >= 11 is 0. The minimum atomic E-state index is -0.871. The van der Waals surface area contributed by atoms with Crippen LogP contribution in [-0.2, 0) is 4.79 Å². The summed E-state index contributed by atoms with van der Waals surface area (Å²) in [6.45, 7) is 4.33. The monoisotopic (exact) mass is 938 g/mol. The maximum Gasteiger partial charge on any atom is 0.220 e. The molecule has 0 saturated heterocycles. The fourth-order valence-corrected chi connectivity index (χ4v) is 9.39. The number of aliphatic hydroxyl groups excluding tert-OH is 2. The molecule has 1 amide bonds. The van der Waals surface area contributed by atoms with E-state index >= 15 is 0 Å². The van der Waals surface area contributed by atoms with E-state index in [-0.39, 0.29) is 12.5 Å². The molecule has 2 atom stereocenters. The summed E-state index contributed by atoms with van der Waals surface area (Å²) in [5, 5.41) is 23.2. The molecule has 0 saturated carbocycles. The van der Waals surface area contributed by atoms with Gasteiger partial charge in [-0.1, -0.05) is 300 Å². The second-order valence-corrected chi connectivity index (χ2v) is 20.7. The van der Waals surface area contributed by atoms with E-state index in [4.69, 9.17) is 0 Å². The van der Waals surface area contributed by atoms with Gasteiger partial charge in [-0.05, 0) is 70.6 Å². The lowest BCUT2D eigenvalue weighted by atomic mass is 10.0. The Morgan fingerprint density at radius 1 is 0.343 bits per heavy atom. The van der Waals surface area contributed by atoms with Crippen LogP contribution in [0.4, 0.5) is 0 Å². The van der Waals surface area contributed by atoms with E-state index in [9.17, 15) is 15.0 Å². The molecule has 4 heteroatoms. The van der Waals surface area contributed by atoms with Gasteiger partial charge in [0.05, 0.1) is 18.8 Å². The molecule has 2 unspecified atom stereocenters. The van der Waals surface area contributed by atoms with Crippen molar-refractivity contribution in [2.24, 2.45) is 0 Å². The topological polar surface area (TPSA) is 69.6 Å². The molecule has 4 nitrogen and oxygen atoms in total. The number of allylic oxidation sites excluding steroid dienone is 7. The van der Waals surface area contributed by atoms with Crippen molar-refractivity contribution in [3.8, 4) is 0 Å². The number of carbonyl (C=O) groups excluding carboxylic acids is 1. The van der Waals surface area contributed by atoms with Crippen LogP contribution in [0.1, 0.15) is 328 Å². The average molecular weight is 939 g/mol. The smallest absolute Gasteiger partial charge is 0.220 e. The predicted octanol–water partition coefficient (Wildman–Crippen LogP) is 20.2. The lowest BCUT2D eigenvalue weighted by Gasteiger charge is -2.19. The van der Waals surface area contributed by atoms with Crippen molar-refractivity contribution >= 4 is 5.91 Å². The van der Waals surface area contributed by atoms with Crippen LogP contribution in [0.3, 0.4) is 0 Å². The first-order valence-electron chi connectivity index (χ1n) is 30.4. The van der Waals surface area contributed by atoms with Gasteiger partial charge in [0.1, 0.15) is 0 Å². The number of hydrogen-bond donors (Lipinski definition) is 3. The highest BCUT2D eigenvalue weighted by molar-refractivity contribution is 5.76. The van der Waals surface area contributed by atoms with E-state index in [0.29, 0.717) is 6.42 Å². The Labute approximate surface area is 420 Å². The van der Waals surface area contributed by atoms with Crippen LogP contribution < -0.4 is 5.32 Å². The second kappa shape index (κ2) is 58.7. The Kier molecular flexibility index (Phi) is 57.2. The number of unbranched alkanes of at least 4 members (excludes halogenated alkanes) is 43. The minimum absolute atomic E-state index is 0.0732. The highest BCUT2D eigenvalue weighted by Crippen LogP contribution is 2.17. The van der Waals surface area contributed by atoms with E-state index in [1.54, 1.807) is 6.08 Å². The standard InChI is InChI=1S/C63H119NO3/c1-3-5-7-9-11-13-15-17-19-21-23-25-27-28-29-30-31-32-33-34-35-36-37-39-41-43-45-47-49-51-53-55-57-59-63(67)64-61(60-65)62(66)58-56-54-52-50-48-46-44-42-40-38-26-24-22-20-18-16-14-12-10-8-6-4-2/h28-29,40,42,48,50,56,58,61-62,65-66H,3-27,30-39,41,43-47,49,51-55,57,59-60H2,1-2H3,(H,64,67)/b29-28-,42-40+,50-48+,58-56+. The van der Waals surface area contributed by atoms with Gasteiger partial charge in [-0.3, -0.25) is 4.79 Å². The van der Waals surface area contributed by atoms with Crippen LogP contribution in [0.2, 0.25) is 0 Å². The minimum Gasteiger partial charge on any atom is -0.394 e. The zero-order valence-electron chi connectivity index (χ0n) is 45.4. The molecule has 0 aliphatic carbocycles. The summed E-state index contributed by atoms with van der Waals surface area (Å²) in [7, 11) is 0. The molecule has 0 aromatic heterocycles. The zero-order chi connectivity index (χ0) is 48.5. The summed E-state index contributed by atoms with van der Waals surface area (Å²) in [6.07, 6.45) is 81.6. The molecule has 0 spiro atoms.